The van der Waals surface area contributed by atoms with Gasteiger partial charge in [-0.2, -0.15) is 21.4 Å². The molecule has 0 saturated heterocycles. The zero-order valence-corrected chi connectivity index (χ0v) is 29.4. The number of anilines is 1. The number of unbranched alkanes of at least 4 members (excludes halogenated alkanes) is 1. The predicted molar refractivity (Wildman–Crippen MR) is 188 cm³/mol. The van der Waals surface area contributed by atoms with Gasteiger partial charge in [0.2, 0.25) is 11.5 Å². The molecule has 10 nitrogen and oxygen atoms in total. The van der Waals surface area contributed by atoms with Crippen molar-refractivity contribution in [1.29, 1.82) is 0 Å². The van der Waals surface area contributed by atoms with E-state index in [1.165, 1.54) is 0 Å². The average molecular weight is 696 g/mol. The largest absolute Gasteiger partial charge is 0.439 e. The van der Waals surface area contributed by atoms with E-state index in [1.807, 2.05) is 78.2 Å². The molecule has 48 heavy (non-hydrogen) atoms. The van der Waals surface area contributed by atoms with E-state index >= 15 is 0 Å². The van der Waals surface area contributed by atoms with E-state index in [9.17, 15) is 25.9 Å². The van der Waals surface area contributed by atoms with Crippen LogP contribution in [0, 0.1) is 0 Å². The molecule has 0 saturated carbocycles. The summed E-state index contributed by atoms with van der Waals surface area (Å²) >= 11 is 0. The third kappa shape index (κ3) is 8.54. The van der Waals surface area contributed by atoms with E-state index in [2.05, 4.69) is 32.9 Å². The minimum atomic E-state index is -4.25. The summed E-state index contributed by atoms with van der Waals surface area (Å²) in [6, 6.07) is 21.7. The van der Waals surface area contributed by atoms with Gasteiger partial charge in [0.25, 0.3) is 25.8 Å². The fraction of sp³-hybridized carbons (Fsp3) is 0.361. The van der Waals surface area contributed by atoms with Crippen molar-refractivity contribution in [2.45, 2.75) is 65.3 Å². The van der Waals surface area contributed by atoms with Crippen LogP contribution in [-0.4, -0.2) is 44.0 Å². The van der Waals surface area contributed by atoms with E-state index in [4.69, 9.17) is 9.15 Å². The zero-order valence-electron chi connectivity index (χ0n) is 27.7. The molecular formula is C36H43N2O8S2+. The number of ether oxygens (including phenoxy) is 1. The molecule has 3 aromatic carbocycles. The van der Waals surface area contributed by atoms with Crippen LogP contribution in [0.15, 0.2) is 88.7 Å². The van der Waals surface area contributed by atoms with Crippen molar-refractivity contribution in [3.63, 3.8) is 0 Å². The summed E-state index contributed by atoms with van der Waals surface area (Å²) in [6.45, 7) is 8.93. The first-order chi connectivity index (χ1) is 22.7. The number of fused-ring (bicyclic) bond motifs is 2. The molecule has 1 aliphatic heterocycles. The maximum absolute atomic E-state index is 11.8. The first-order valence-corrected chi connectivity index (χ1v) is 19.3. The van der Waals surface area contributed by atoms with Crippen LogP contribution in [0.2, 0.25) is 0 Å². The molecule has 1 aliphatic rings. The maximum atomic E-state index is 11.8. The average Bonchev–Trinajstić information content (AvgIpc) is 3.57. The smallest absolute Gasteiger partial charge is 0.374 e. The predicted octanol–water partition coefficient (Wildman–Crippen LogP) is 7.16. The van der Waals surface area contributed by atoms with Crippen molar-refractivity contribution in [1.82, 2.24) is 0 Å². The molecule has 0 aliphatic carbocycles. The molecular weight excluding hydrogens is 653 g/mol. The molecule has 2 heterocycles. The Morgan fingerprint density at radius 1 is 0.896 bits per heavy atom. The van der Waals surface area contributed by atoms with Crippen LogP contribution >= 0.6 is 0 Å². The number of hydrogen-bond acceptors (Lipinski definition) is 7. The molecule has 0 unspecified atom stereocenters. The van der Waals surface area contributed by atoms with E-state index in [0.29, 0.717) is 48.2 Å². The van der Waals surface area contributed by atoms with Gasteiger partial charge < -0.3 is 14.1 Å². The number of hydrogen-bond donors (Lipinski definition) is 2. The number of benzene rings is 3. The van der Waals surface area contributed by atoms with Gasteiger partial charge in [-0.3, -0.25) is 9.11 Å². The lowest BCUT2D eigenvalue weighted by Crippen LogP contribution is -2.36. The van der Waals surface area contributed by atoms with Crippen LogP contribution in [-0.2, 0) is 32.2 Å². The summed E-state index contributed by atoms with van der Waals surface area (Å²) in [5, 5.41) is 0. The Bertz CT molecular complexity index is 2070. The lowest BCUT2D eigenvalue weighted by molar-refractivity contribution is -0.678. The number of rotatable bonds is 14. The van der Waals surface area contributed by atoms with Gasteiger partial charge in [0, 0.05) is 25.1 Å². The second kappa shape index (κ2) is 14.3. The Balaban J connectivity index is 1.55. The molecule has 1 aromatic heterocycles. The molecule has 12 heteroatoms. The highest BCUT2D eigenvalue weighted by Crippen LogP contribution is 2.42. The van der Waals surface area contributed by atoms with Gasteiger partial charge in [-0.15, -0.1) is 0 Å². The Hall–Kier alpha value is -3.97. The van der Waals surface area contributed by atoms with Crippen LogP contribution in [0.3, 0.4) is 0 Å². The summed E-state index contributed by atoms with van der Waals surface area (Å²) in [6.07, 6.45) is 6.05. The summed E-state index contributed by atoms with van der Waals surface area (Å²) < 4.78 is 79.8. The number of allylic oxidation sites excluding steroid dienone is 2. The molecule has 4 aromatic rings. The Labute approximate surface area is 282 Å². The first kappa shape index (κ1) is 35.3. The van der Waals surface area contributed by atoms with Crippen molar-refractivity contribution < 1.29 is 39.7 Å². The highest BCUT2D eigenvalue weighted by molar-refractivity contribution is 7.86. The SMILES string of the molecule is CCC(=Cc1oc2ccc(C(C)(C)CC)cc2[n+]1CCCCS(=O)(=O)O)C=C1Oc2ccc(-c3ccccc3)cc2N1CCS(=O)(=O)O. The number of aryl methyl sites for hydroxylation is 1. The molecule has 0 bridgehead atoms. The Morgan fingerprint density at radius 2 is 1.62 bits per heavy atom. The highest BCUT2D eigenvalue weighted by atomic mass is 32.2. The van der Waals surface area contributed by atoms with Crippen molar-refractivity contribution in [3.8, 4) is 16.9 Å². The second-order valence-corrected chi connectivity index (χ2v) is 15.8. The van der Waals surface area contributed by atoms with Crippen LogP contribution in [0.25, 0.3) is 28.3 Å². The molecule has 2 N–H and O–H groups in total. The molecule has 0 spiro atoms. The van der Waals surface area contributed by atoms with Crippen molar-refractivity contribution in [3.05, 3.63) is 95.7 Å². The fourth-order valence-electron chi connectivity index (χ4n) is 5.64. The molecule has 0 amide bonds. The molecule has 0 atom stereocenters. The van der Waals surface area contributed by atoms with E-state index in [0.717, 1.165) is 34.2 Å². The van der Waals surface area contributed by atoms with Gasteiger partial charge in [-0.25, -0.2) is 0 Å². The zero-order chi connectivity index (χ0) is 34.7. The first-order valence-electron chi connectivity index (χ1n) is 16.1. The quantitative estimate of drug-likeness (QED) is 0.0799. The van der Waals surface area contributed by atoms with Crippen LogP contribution in [0.5, 0.6) is 5.75 Å². The lowest BCUT2D eigenvalue weighted by Gasteiger charge is -2.22. The summed E-state index contributed by atoms with van der Waals surface area (Å²) in [5.74, 6) is 0.726. The third-order valence-electron chi connectivity index (χ3n) is 8.87. The number of oxazole rings is 1. The van der Waals surface area contributed by atoms with Gasteiger partial charge in [-0.1, -0.05) is 70.2 Å². The van der Waals surface area contributed by atoms with E-state index in [1.54, 1.807) is 4.90 Å². The molecule has 5 rings (SSSR count). The van der Waals surface area contributed by atoms with Crippen molar-refractivity contribution in [2.75, 3.05) is 23.0 Å². The van der Waals surface area contributed by atoms with Crippen molar-refractivity contribution in [2.24, 2.45) is 0 Å². The third-order valence-corrected chi connectivity index (χ3v) is 10.4. The Kier molecular flexibility index (Phi) is 10.5. The van der Waals surface area contributed by atoms with Gasteiger partial charge in [0.1, 0.15) is 0 Å². The molecule has 0 fully saturated rings. The fourth-order valence-corrected chi connectivity index (χ4v) is 6.62. The Morgan fingerprint density at radius 3 is 2.29 bits per heavy atom. The lowest BCUT2D eigenvalue weighted by atomic mass is 9.82. The van der Waals surface area contributed by atoms with Crippen LogP contribution in [0.4, 0.5) is 5.69 Å². The number of aromatic nitrogens is 1. The standard InChI is InChI=1S/C36H42N2O8S2/c1-5-26(22-34-37(18-10-11-20-47(39,40)41)31-25-29(36(3,4)6-2)15-17-33(31)46-34)23-35-38(19-21-48(42,43)44)30-24-28(14-16-32(30)45-35)27-12-8-7-9-13-27/h7-9,12-17,22-25H,5-6,10-11,18-21H2,1-4H3,(H-,39,40,41,42,43,44)/p+1. The summed E-state index contributed by atoms with van der Waals surface area (Å²) in [4.78, 5) is 1.75. The minimum Gasteiger partial charge on any atom is -0.439 e. The van der Waals surface area contributed by atoms with Crippen molar-refractivity contribution >= 4 is 43.1 Å². The minimum absolute atomic E-state index is 0.0265. The van der Waals surface area contributed by atoms with Gasteiger partial charge >= 0.3 is 5.89 Å². The molecule has 0 radical (unpaired) electrons. The van der Waals surface area contributed by atoms with Crippen LogP contribution in [0.1, 0.15) is 64.8 Å². The monoisotopic (exact) mass is 695 g/mol. The summed E-state index contributed by atoms with van der Waals surface area (Å²) in [7, 11) is -8.32. The second-order valence-electron chi connectivity index (χ2n) is 12.6. The normalized spacial score (nSPS) is 14.9. The number of nitrogens with zero attached hydrogens (tertiary/aromatic N) is 2. The maximum Gasteiger partial charge on any atom is 0.374 e. The topological polar surface area (TPSA) is 138 Å². The van der Waals surface area contributed by atoms with Gasteiger partial charge in [0.15, 0.2) is 12.3 Å². The van der Waals surface area contributed by atoms with E-state index in [-0.39, 0.29) is 24.1 Å². The van der Waals surface area contributed by atoms with Gasteiger partial charge in [-0.05, 0) is 65.1 Å². The summed E-state index contributed by atoms with van der Waals surface area (Å²) in [5.41, 5.74) is 6.10. The van der Waals surface area contributed by atoms with E-state index < -0.39 is 26.0 Å². The van der Waals surface area contributed by atoms with Crippen LogP contribution < -0.4 is 14.2 Å². The van der Waals surface area contributed by atoms with Gasteiger partial charge in [0.05, 0.1) is 23.3 Å². The molecule has 256 valence electrons. The highest BCUT2D eigenvalue weighted by Gasteiger charge is 2.29.